The van der Waals surface area contributed by atoms with Crippen molar-refractivity contribution < 1.29 is 9.72 Å². The third-order valence-corrected chi connectivity index (χ3v) is 4.83. The van der Waals surface area contributed by atoms with Crippen molar-refractivity contribution in [2.24, 2.45) is 0 Å². The number of rotatable bonds is 3. The van der Waals surface area contributed by atoms with Crippen LogP contribution in [0, 0.1) is 17.0 Å². The third-order valence-electron chi connectivity index (χ3n) is 4.42. The number of carbonyl (C=O) groups is 1. The Morgan fingerprint density at radius 3 is 2.40 bits per heavy atom. The molecular formula is C17H15Cl3N2O3. The van der Waals surface area contributed by atoms with E-state index in [-0.39, 0.29) is 17.9 Å². The van der Waals surface area contributed by atoms with Crippen LogP contribution in [0.4, 0.5) is 5.69 Å². The van der Waals surface area contributed by atoms with Gasteiger partial charge >= 0.3 is 0 Å². The predicted molar refractivity (Wildman–Crippen MR) is 98.4 cm³/mol. The van der Waals surface area contributed by atoms with E-state index < -0.39 is 8.72 Å². The molecule has 3 rings (SSSR count). The SMILES string of the molecule is Cc1c(CC(Cl)(Cl)Cl)c2c(n1-c1ccc([N+](=O)[O-])cc1)CCCC2=O. The fraction of sp³-hybridized carbons (Fsp3) is 0.353. The van der Waals surface area contributed by atoms with Gasteiger partial charge in [-0.25, -0.2) is 0 Å². The average Bonchev–Trinajstić information content (AvgIpc) is 2.79. The van der Waals surface area contributed by atoms with Crippen LogP contribution in [0.1, 0.15) is 40.2 Å². The van der Waals surface area contributed by atoms with Gasteiger partial charge in [0.15, 0.2) is 9.58 Å². The number of Topliss-reactive ketones (excluding diaryl/α,β-unsaturated/α-hetero) is 1. The maximum atomic E-state index is 12.5. The summed E-state index contributed by atoms with van der Waals surface area (Å²) in [5.41, 5.74) is 3.84. The molecule has 0 fully saturated rings. The number of nitro benzene ring substituents is 1. The number of carbonyl (C=O) groups excluding carboxylic acids is 1. The average molecular weight is 402 g/mol. The monoisotopic (exact) mass is 400 g/mol. The van der Waals surface area contributed by atoms with Crippen LogP contribution in [0.2, 0.25) is 0 Å². The fourth-order valence-electron chi connectivity index (χ4n) is 3.40. The zero-order chi connectivity index (χ0) is 18.4. The summed E-state index contributed by atoms with van der Waals surface area (Å²) in [7, 11) is 0. The second kappa shape index (κ2) is 6.63. The van der Waals surface area contributed by atoms with E-state index in [2.05, 4.69) is 0 Å². The molecule has 0 spiro atoms. The standard InChI is InChI=1S/C17H15Cl3N2O3/c1-10-13(9-17(18,19)20)16-14(3-2-4-15(16)23)21(10)11-5-7-12(8-6-11)22(24)25/h5-8H,2-4,9H2,1H3. The van der Waals surface area contributed by atoms with Gasteiger partial charge in [0, 0.05) is 47.6 Å². The molecule has 0 saturated heterocycles. The Hall–Kier alpha value is -1.56. The van der Waals surface area contributed by atoms with Crippen molar-refractivity contribution in [1.29, 1.82) is 0 Å². The predicted octanol–water partition coefficient (Wildman–Crippen LogP) is 5.13. The van der Waals surface area contributed by atoms with E-state index in [9.17, 15) is 14.9 Å². The summed E-state index contributed by atoms with van der Waals surface area (Å²) in [6.07, 6.45) is 2.11. The molecule has 25 heavy (non-hydrogen) atoms. The van der Waals surface area contributed by atoms with Gasteiger partial charge in [0.25, 0.3) is 5.69 Å². The number of hydrogen-bond donors (Lipinski definition) is 0. The number of halogens is 3. The molecule has 2 aromatic rings. The van der Waals surface area contributed by atoms with Gasteiger partial charge in [-0.15, -0.1) is 0 Å². The molecule has 1 aliphatic rings. The molecular weight excluding hydrogens is 387 g/mol. The van der Waals surface area contributed by atoms with Gasteiger partial charge in [0.1, 0.15) is 0 Å². The van der Waals surface area contributed by atoms with Crippen molar-refractivity contribution in [1.82, 2.24) is 4.57 Å². The third kappa shape index (κ3) is 3.54. The first-order valence-electron chi connectivity index (χ1n) is 7.77. The van der Waals surface area contributed by atoms with E-state index in [1.165, 1.54) is 12.1 Å². The summed E-state index contributed by atoms with van der Waals surface area (Å²) >= 11 is 17.9. The van der Waals surface area contributed by atoms with Crippen molar-refractivity contribution in [3.63, 3.8) is 0 Å². The van der Waals surface area contributed by atoms with E-state index in [0.29, 0.717) is 12.0 Å². The summed E-state index contributed by atoms with van der Waals surface area (Å²) in [5.74, 6) is 0.0502. The smallest absolute Gasteiger partial charge is 0.269 e. The molecule has 0 unspecified atom stereocenters. The summed E-state index contributed by atoms with van der Waals surface area (Å²) < 4.78 is 0.444. The lowest BCUT2D eigenvalue weighted by atomic mass is 9.92. The van der Waals surface area contributed by atoms with Gasteiger partial charge in [0.05, 0.1) is 4.92 Å². The van der Waals surface area contributed by atoms with Gasteiger partial charge in [-0.2, -0.15) is 0 Å². The highest BCUT2D eigenvalue weighted by atomic mass is 35.6. The zero-order valence-corrected chi connectivity index (χ0v) is 15.7. The van der Waals surface area contributed by atoms with E-state index in [1.54, 1.807) is 12.1 Å². The number of ketones is 1. The zero-order valence-electron chi connectivity index (χ0n) is 13.4. The Balaban J connectivity index is 2.18. The maximum Gasteiger partial charge on any atom is 0.269 e. The second-order valence-electron chi connectivity index (χ2n) is 6.06. The molecule has 0 amide bonds. The van der Waals surface area contributed by atoms with E-state index in [1.807, 2.05) is 11.5 Å². The molecule has 0 atom stereocenters. The number of alkyl halides is 3. The lowest BCUT2D eigenvalue weighted by Gasteiger charge is -2.16. The van der Waals surface area contributed by atoms with Gasteiger partial charge in [-0.3, -0.25) is 14.9 Å². The topological polar surface area (TPSA) is 65.1 Å². The molecule has 0 N–H and O–H groups in total. The van der Waals surface area contributed by atoms with Crippen LogP contribution in [0.25, 0.3) is 5.69 Å². The molecule has 1 aliphatic carbocycles. The van der Waals surface area contributed by atoms with Crippen molar-refractivity contribution in [3.8, 4) is 5.69 Å². The van der Waals surface area contributed by atoms with Crippen LogP contribution >= 0.6 is 34.8 Å². The van der Waals surface area contributed by atoms with Gasteiger partial charge < -0.3 is 4.57 Å². The van der Waals surface area contributed by atoms with Crippen LogP contribution in [0.5, 0.6) is 0 Å². The molecule has 0 aliphatic heterocycles. The van der Waals surface area contributed by atoms with E-state index >= 15 is 0 Å². The molecule has 1 aromatic heterocycles. The highest BCUT2D eigenvalue weighted by Gasteiger charge is 2.32. The Morgan fingerprint density at radius 1 is 1.20 bits per heavy atom. The van der Waals surface area contributed by atoms with Crippen LogP contribution in [0.3, 0.4) is 0 Å². The van der Waals surface area contributed by atoms with Crippen LogP contribution < -0.4 is 0 Å². The fourth-order valence-corrected chi connectivity index (χ4v) is 3.80. The lowest BCUT2D eigenvalue weighted by Crippen LogP contribution is -2.15. The molecule has 1 aromatic carbocycles. The van der Waals surface area contributed by atoms with Gasteiger partial charge in [-0.1, -0.05) is 34.8 Å². The quantitative estimate of drug-likeness (QED) is 0.407. The first kappa shape index (κ1) is 18.2. The number of benzene rings is 1. The molecule has 5 nitrogen and oxygen atoms in total. The van der Waals surface area contributed by atoms with Crippen LogP contribution in [-0.4, -0.2) is 19.1 Å². The highest BCUT2D eigenvalue weighted by Crippen LogP contribution is 2.38. The Kier molecular flexibility index (Phi) is 4.84. The van der Waals surface area contributed by atoms with Gasteiger partial charge in [0.2, 0.25) is 0 Å². The Morgan fingerprint density at radius 2 is 1.84 bits per heavy atom. The Bertz CT molecular complexity index is 852. The molecule has 132 valence electrons. The van der Waals surface area contributed by atoms with E-state index in [0.717, 1.165) is 35.5 Å². The minimum Gasteiger partial charge on any atom is -0.317 e. The summed E-state index contributed by atoms with van der Waals surface area (Å²) in [4.78, 5) is 22.9. The molecule has 1 heterocycles. The largest absolute Gasteiger partial charge is 0.317 e. The van der Waals surface area contributed by atoms with Gasteiger partial charge in [-0.05, 0) is 37.5 Å². The molecule has 0 bridgehead atoms. The van der Waals surface area contributed by atoms with Crippen molar-refractivity contribution in [2.75, 3.05) is 0 Å². The Labute approximate surface area is 159 Å². The molecule has 8 heteroatoms. The first-order chi connectivity index (χ1) is 11.7. The lowest BCUT2D eigenvalue weighted by molar-refractivity contribution is -0.384. The molecule has 0 saturated carbocycles. The number of fused-ring (bicyclic) bond motifs is 1. The van der Waals surface area contributed by atoms with Crippen molar-refractivity contribution in [3.05, 3.63) is 56.9 Å². The second-order valence-corrected chi connectivity index (χ2v) is 8.58. The summed E-state index contributed by atoms with van der Waals surface area (Å²) in [6.45, 7) is 1.87. The summed E-state index contributed by atoms with van der Waals surface area (Å²) in [6, 6.07) is 6.23. The number of nitro groups is 1. The first-order valence-corrected chi connectivity index (χ1v) is 8.90. The van der Waals surface area contributed by atoms with E-state index in [4.69, 9.17) is 34.8 Å². The maximum absolute atomic E-state index is 12.5. The number of non-ortho nitro benzene ring substituents is 1. The number of nitrogens with zero attached hydrogens (tertiary/aromatic N) is 2. The molecule has 0 radical (unpaired) electrons. The van der Waals surface area contributed by atoms with Crippen LogP contribution in [0.15, 0.2) is 24.3 Å². The normalized spacial score (nSPS) is 14.5. The highest BCUT2D eigenvalue weighted by molar-refractivity contribution is 6.67. The van der Waals surface area contributed by atoms with Crippen LogP contribution in [-0.2, 0) is 12.8 Å². The van der Waals surface area contributed by atoms with Crippen molar-refractivity contribution in [2.45, 2.75) is 36.4 Å². The minimum atomic E-state index is -1.50. The minimum absolute atomic E-state index is 0.0139. The summed E-state index contributed by atoms with van der Waals surface area (Å²) in [5, 5.41) is 10.9. The number of hydrogen-bond acceptors (Lipinski definition) is 3. The van der Waals surface area contributed by atoms with Crippen molar-refractivity contribution >= 4 is 46.3 Å². The number of aromatic nitrogens is 1.